The van der Waals surface area contributed by atoms with Gasteiger partial charge in [0.15, 0.2) is 17.3 Å². The van der Waals surface area contributed by atoms with Crippen LogP contribution >= 0.6 is 11.6 Å². The molecular weight excluding hydrogens is 343 g/mol. The van der Waals surface area contributed by atoms with E-state index in [0.29, 0.717) is 22.8 Å². The lowest BCUT2D eigenvalue weighted by Gasteiger charge is -2.04. The van der Waals surface area contributed by atoms with Crippen molar-refractivity contribution in [2.75, 3.05) is 7.11 Å². The van der Waals surface area contributed by atoms with Crippen LogP contribution in [0.4, 0.5) is 4.39 Å². The minimum absolute atomic E-state index is 0.121. The van der Waals surface area contributed by atoms with Crippen LogP contribution in [0.15, 0.2) is 59.0 Å². The predicted octanol–water partition coefficient (Wildman–Crippen LogP) is 5.56. The van der Waals surface area contributed by atoms with Crippen molar-refractivity contribution in [3.8, 4) is 17.1 Å². The highest BCUT2D eigenvalue weighted by Gasteiger charge is 2.12. The van der Waals surface area contributed by atoms with Crippen molar-refractivity contribution in [1.82, 2.24) is 0 Å². The average Bonchev–Trinajstić information content (AvgIpc) is 3.09. The number of hydrogen-bond acceptors (Lipinski definition) is 3. The van der Waals surface area contributed by atoms with Gasteiger partial charge in [0.1, 0.15) is 11.5 Å². The van der Waals surface area contributed by atoms with Gasteiger partial charge in [0.25, 0.3) is 0 Å². The third kappa shape index (κ3) is 4.09. The number of Topliss-reactive ketones (excluding diaryl/α,β-unsaturated/α-hetero) is 1. The summed E-state index contributed by atoms with van der Waals surface area (Å²) in [6, 6.07) is 15.2. The Morgan fingerprint density at radius 2 is 1.88 bits per heavy atom. The molecule has 5 heteroatoms. The number of hydrogen-bond donors (Lipinski definition) is 0. The monoisotopic (exact) mass is 358 g/mol. The summed E-state index contributed by atoms with van der Waals surface area (Å²) >= 11 is 5.87. The average molecular weight is 359 g/mol. The van der Waals surface area contributed by atoms with Crippen LogP contribution in [0.25, 0.3) is 11.3 Å². The fourth-order valence-electron chi connectivity index (χ4n) is 2.50. The van der Waals surface area contributed by atoms with Crippen molar-refractivity contribution in [2.45, 2.75) is 12.8 Å². The largest absolute Gasteiger partial charge is 0.494 e. The Balaban J connectivity index is 1.65. The van der Waals surface area contributed by atoms with Gasteiger partial charge in [-0.3, -0.25) is 4.79 Å². The van der Waals surface area contributed by atoms with Crippen LogP contribution in [0.3, 0.4) is 0 Å². The van der Waals surface area contributed by atoms with Crippen molar-refractivity contribution in [3.63, 3.8) is 0 Å². The SMILES string of the molecule is COc1ccc(C(=O)CCc2ccc(-c3ccc(Cl)cc3)o2)cc1F. The molecule has 3 nitrogen and oxygen atoms in total. The molecule has 3 rings (SSSR count). The minimum Gasteiger partial charge on any atom is -0.494 e. The number of carbonyl (C=O) groups is 1. The first kappa shape index (κ1) is 17.2. The maximum atomic E-state index is 13.7. The number of halogens is 2. The second-order valence-corrected chi connectivity index (χ2v) is 5.98. The first-order chi connectivity index (χ1) is 12.1. The van der Waals surface area contributed by atoms with Gasteiger partial charge in [0.05, 0.1) is 7.11 Å². The van der Waals surface area contributed by atoms with E-state index in [0.717, 1.165) is 11.3 Å². The molecule has 0 saturated heterocycles. The highest BCUT2D eigenvalue weighted by molar-refractivity contribution is 6.30. The predicted molar refractivity (Wildman–Crippen MR) is 94.8 cm³/mol. The van der Waals surface area contributed by atoms with E-state index in [1.165, 1.54) is 19.2 Å². The van der Waals surface area contributed by atoms with E-state index >= 15 is 0 Å². The molecule has 25 heavy (non-hydrogen) atoms. The molecule has 0 radical (unpaired) electrons. The van der Waals surface area contributed by atoms with Gasteiger partial charge in [0.2, 0.25) is 0 Å². The number of rotatable bonds is 6. The van der Waals surface area contributed by atoms with Crippen molar-refractivity contribution in [2.24, 2.45) is 0 Å². The zero-order valence-electron chi connectivity index (χ0n) is 13.6. The van der Waals surface area contributed by atoms with Gasteiger partial charge in [-0.1, -0.05) is 11.6 Å². The Morgan fingerprint density at radius 1 is 1.12 bits per heavy atom. The molecule has 1 heterocycles. The number of benzene rings is 2. The Hall–Kier alpha value is -2.59. The van der Waals surface area contributed by atoms with Crippen LogP contribution in [0.2, 0.25) is 5.02 Å². The minimum atomic E-state index is -0.545. The standard InChI is InChI=1S/C20H16ClFO3/c1-24-20-10-4-14(12-17(20)22)18(23)9-7-16-8-11-19(25-16)13-2-5-15(21)6-3-13/h2-6,8,10-12H,7,9H2,1H3. The lowest BCUT2D eigenvalue weighted by atomic mass is 10.1. The van der Waals surface area contributed by atoms with E-state index in [2.05, 4.69) is 0 Å². The fraction of sp³-hybridized carbons (Fsp3) is 0.150. The summed E-state index contributed by atoms with van der Waals surface area (Å²) in [6.07, 6.45) is 0.680. The van der Waals surface area contributed by atoms with E-state index in [4.69, 9.17) is 20.8 Å². The van der Waals surface area contributed by atoms with Gasteiger partial charge in [-0.15, -0.1) is 0 Å². The Bertz CT molecular complexity index is 884. The van der Waals surface area contributed by atoms with Gasteiger partial charge in [-0.25, -0.2) is 4.39 Å². The van der Waals surface area contributed by atoms with Crippen molar-refractivity contribution in [1.29, 1.82) is 0 Å². The third-order valence-electron chi connectivity index (χ3n) is 3.86. The second-order valence-electron chi connectivity index (χ2n) is 5.55. The van der Waals surface area contributed by atoms with Crippen LogP contribution in [0.1, 0.15) is 22.5 Å². The quantitative estimate of drug-likeness (QED) is 0.541. The summed E-state index contributed by atoms with van der Waals surface area (Å²) in [5.41, 5.74) is 1.24. The molecule has 0 spiro atoms. The van der Waals surface area contributed by atoms with E-state index in [9.17, 15) is 9.18 Å². The molecule has 0 unspecified atom stereocenters. The molecule has 0 atom stereocenters. The number of furan rings is 1. The molecule has 0 fully saturated rings. The van der Waals surface area contributed by atoms with Gasteiger partial charge in [0, 0.05) is 29.0 Å². The van der Waals surface area contributed by atoms with Gasteiger partial charge in [-0.2, -0.15) is 0 Å². The van der Waals surface area contributed by atoms with Gasteiger partial charge < -0.3 is 9.15 Å². The third-order valence-corrected chi connectivity index (χ3v) is 4.11. The molecule has 3 aromatic rings. The molecule has 0 aliphatic heterocycles. The molecular formula is C20H16ClFO3. The van der Waals surface area contributed by atoms with Crippen LogP contribution < -0.4 is 4.74 Å². The number of aryl methyl sites for hydroxylation is 1. The molecule has 0 saturated carbocycles. The topological polar surface area (TPSA) is 39.4 Å². The zero-order valence-corrected chi connectivity index (χ0v) is 14.3. The number of ether oxygens (including phenoxy) is 1. The maximum Gasteiger partial charge on any atom is 0.165 e. The molecule has 0 bridgehead atoms. The smallest absolute Gasteiger partial charge is 0.165 e. The molecule has 0 amide bonds. The fourth-order valence-corrected chi connectivity index (χ4v) is 2.63. The van der Waals surface area contributed by atoms with Crippen molar-refractivity contribution < 1.29 is 18.3 Å². The van der Waals surface area contributed by atoms with E-state index in [1.54, 1.807) is 18.2 Å². The van der Waals surface area contributed by atoms with Gasteiger partial charge >= 0.3 is 0 Å². The highest BCUT2D eigenvalue weighted by atomic mass is 35.5. The van der Waals surface area contributed by atoms with Crippen LogP contribution in [-0.4, -0.2) is 12.9 Å². The molecule has 0 aliphatic rings. The first-order valence-corrected chi connectivity index (χ1v) is 8.16. The lowest BCUT2D eigenvalue weighted by molar-refractivity contribution is 0.0980. The lowest BCUT2D eigenvalue weighted by Crippen LogP contribution is -2.02. The summed E-state index contributed by atoms with van der Waals surface area (Å²) in [7, 11) is 1.38. The Morgan fingerprint density at radius 3 is 2.56 bits per heavy atom. The maximum absolute atomic E-state index is 13.7. The molecule has 0 N–H and O–H groups in total. The number of ketones is 1. The number of methoxy groups -OCH3 is 1. The molecule has 1 aromatic heterocycles. The first-order valence-electron chi connectivity index (χ1n) is 7.78. The number of carbonyl (C=O) groups excluding carboxylic acids is 1. The van der Waals surface area contributed by atoms with E-state index < -0.39 is 5.82 Å². The van der Waals surface area contributed by atoms with E-state index in [-0.39, 0.29) is 18.0 Å². The van der Waals surface area contributed by atoms with Crippen molar-refractivity contribution in [3.05, 3.63) is 76.8 Å². The second kappa shape index (κ2) is 7.53. The summed E-state index contributed by atoms with van der Waals surface area (Å²) in [6.45, 7) is 0. The molecule has 128 valence electrons. The Kier molecular flexibility index (Phi) is 5.19. The van der Waals surface area contributed by atoms with E-state index in [1.807, 2.05) is 24.3 Å². The molecule has 2 aromatic carbocycles. The summed E-state index contributed by atoms with van der Waals surface area (Å²) in [5.74, 6) is 0.847. The normalized spacial score (nSPS) is 10.7. The van der Waals surface area contributed by atoms with Crippen molar-refractivity contribution >= 4 is 17.4 Å². The molecule has 0 aliphatic carbocycles. The van der Waals surface area contributed by atoms with Crippen LogP contribution in [-0.2, 0) is 6.42 Å². The van der Waals surface area contributed by atoms with Crippen LogP contribution in [0.5, 0.6) is 5.75 Å². The summed E-state index contributed by atoms with van der Waals surface area (Å²) in [4.78, 5) is 12.2. The van der Waals surface area contributed by atoms with Crippen LogP contribution in [0, 0.1) is 5.82 Å². The zero-order chi connectivity index (χ0) is 17.8. The highest BCUT2D eigenvalue weighted by Crippen LogP contribution is 2.25. The summed E-state index contributed by atoms with van der Waals surface area (Å²) in [5, 5.41) is 0.660. The summed E-state index contributed by atoms with van der Waals surface area (Å²) < 4.78 is 24.3. The Labute approximate surface area is 150 Å². The van der Waals surface area contributed by atoms with Gasteiger partial charge in [-0.05, 0) is 54.6 Å².